The molecule has 2 heteroatoms. The number of ether oxygens (including phenoxy) is 1. The number of rotatable bonds is 1. The Labute approximate surface area is 86.3 Å². The SMILES string of the molecule is C/C=C1\CCCC(C)(C)C1OC(C)=O. The van der Waals surface area contributed by atoms with Crippen LogP contribution in [0.25, 0.3) is 0 Å². The molecule has 0 radical (unpaired) electrons. The molecule has 0 aromatic rings. The van der Waals surface area contributed by atoms with Crippen LogP contribution in [0.1, 0.15) is 47.0 Å². The van der Waals surface area contributed by atoms with Crippen LogP contribution < -0.4 is 0 Å². The normalized spacial score (nSPS) is 28.9. The van der Waals surface area contributed by atoms with E-state index in [4.69, 9.17) is 4.74 Å². The first-order valence-corrected chi connectivity index (χ1v) is 5.29. The summed E-state index contributed by atoms with van der Waals surface area (Å²) in [5, 5.41) is 0. The Morgan fingerprint density at radius 1 is 1.57 bits per heavy atom. The first-order valence-electron chi connectivity index (χ1n) is 5.29. The van der Waals surface area contributed by atoms with Crippen molar-refractivity contribution in [3.05, 3.63) is 11.6 Å². The van der Waals surface area contributed by atoms with E-state index in [0.717, 1.165) is 12.8 Å². The molecular formula is C12H20O2. The summed E-state index contributed by atoms with van der Waals surface area (Å²) >= 11 is 0. The zero-order valence-corrected chi connectivity index (χ0v) is 9.59. The highest BCUT2D eigenvalue weighted by atomic mass is 16.5. The summed E-state index contributed by atoms with van der Waals surface area (Å²) in [4.78, 5) is 11.0. The minimum absolute atomic E-state index is 0.0150. The number of hydrogen-bond acceptors (Lipinski definition) is 2. The molecule has 1 aliphatic carbocycles. The summed E-state index contributed by atoms with van der Waals surface area (Å²) < 4.78 is 5.40. The molecule has 0 amide bonds. The molecule has 1 saturated carbocycles. The van der Waals surface area contributed by atoms with Gasteiger partial charge in [-0.1, -0.05) is 19.9 Å². The third-order valence-corrected chi connectivity index (χ3v) is 2.99. The molecule has 0 aliphatic heterocycles. The lowest BCUT2D eigenvalue weighted by atomic mass is 9.72. The van der Waals surface area contributed by atoms with Gasteiger partial charge in [-0.25, -0.2) is 0 Å². The fraction of sp³-hybridized carbons (Fsp3) is 0.750. The summed E-state index contributed by atoms with van der Waals surface area (Å²) in [6.07, 6.45) is 5.47. The third kappa shape index (κ3) is 2.37. The van der Waals surface area contributed by atoms with Crippen molar-refractivity contribution in [2.45, 2.75) is 53.1 Å². The lowest BCUT2D eigenvalue weighted by Crippen LogP contribution is -2.38. The van der Waals surface area contributed by atoms with Gasteiger partial charge in [0.15, 0.2) is 0 Å². The van der Waals surface area contributed by atoms with Gasteiger partial charge in [-0.3, -0.25) is 4.79 Å². The summed E-state index contributed by atoms with van der Waals surface area (Å²) in [5.41, 5.74) is 1.36. The lowest BCUT2D eigenvalue weighted by Gasteiger charge is -2.39. The van der Waals surface area contributed by atoms with Gasteiger partial charge < -0.3 is 4.74 Å². The van der Waals surface area contributed by atoms with Crippen LogP contribution in [-0.4, -0.2) is 12.1 Å². The molecule has 1 fully saturated rings. The lowest BCUT2D eigenvalue weighted by molar-refractivity contribution is -0.151. The summed E-state index contributed by atoms with van der Waals surface area (Å²) in [6, 6.07) is 0. The Bertz CT molecular complexity index is 251. The number of esters is 1. The molecule has 0 heterocycles. The van der Waals surface area contributed by atoms with Gasteiger partial charge in [0, 0.05) is 12.3 Å². The number of carbonyl (C=O) groups is 1. The summed E-state index contributed by atoms with van der Waals surface area (Å²) in [6.45, 7) is 7.84. The van der Waals surface area contributed by atoms with Gasteiger partial charge in [0.25, 0.3) is 0 Å². The van der Waals surface area contributed by atoms with Gasteiger partial charge in [0.2, 0.25) is 0 Å². The largest absolute Gasteiger partial charge is 0.457 e. The van der Waals surface area contributed by atoms with Crippen LogP contribution in [0.3, 0.4) is 0 Å². The Morgan fingerprint density at radius 2 is 2.21 bits per heavy atom. The van der Waals surface area contributed by atoms with Crippen molar-refractivity contribution in [1.29, 1.82) is 0 Å². The Kier molecular flexibility index (Phi) is 3.35. The van der Waals surface area contributed by atoms with E-state index in [9.17, 15) is 4.79 Å². The molecule has 1 rings (SSSR count). The molecule has 2 nitrogen and oxygen atoms in total. The topological polar surface area (TPSA) is 26.3 Å². The maximum Gasteiger partial charge on any atom is 0.303 e. The predicted molar refractivity (Wildman–Crippen MR) is 56.9 cm³/mol. The number of allylic oxidation sites excluding steroid dienone is 1. The van der Waals surface area contributed by atoms with E-state index in [-0.39, 0.29) is 17.5 Å². The van der Waals surface area contributed by atoms with E-state index in [1.54, 1.807) is 0 Å². The van der Waals surface area contributed by atoms with Gasteiger partial charge in [-0.2, -0.15) is 0 Å². The maximum atomic E-state index is 11.0. The molecule has 0 spiro atoms. The van der Waals surface area contributed by atoms with E-state index in [1.165, 1.54) is 18.9 Å². The van der Waals surface area contributed by atoms with E-state index in [1.807, 2.05) is 6.92 Å². The summed E-state index contributed by atoms with van der Waals surface area (Å²) in [5.74, 6) is -0.177. The zero-order chi connectivity index (χ0) is 10.8. The van der Waals surface area contributed by atoms with Crippen LogP contribution >= 0.6 is 0 Å². The second-order valence-corrected chi connectivity index (χ2v) is 4.70. The monoisotopic (exact) mass is 196 g/mol. The first kappa shape index (κ1) is 11.3. The average molecular weight is 196 g/mol. The van der Waals surface area contributed by atoms with Crippen molar-refractivity contribution in [3.8, 4) is 0 Å². The van der Waals surface area contributed by atoms with Crippen LogP contribution in [0.2, 0.25) is 0 Å². The highest BCUT2D eigenvalue weighted by molar-refractivity contribution is 5.66. The smallest absolute Gasteiger partial charge is 0.303 e. The highest BCUT2D eigenvalue weighted by Crippen LogP contribution is 2.40. The maximum absolute atomic E-state index is 11.0. The molecule has 0 aromatic heterocycles. The standard InChI is InChI=1S/C12H20O2/c1-5-10-7-6-8-12(3,4)11(10)14-9(2)13/h5,11H,6-8H2,1-4H3/b10-5+. The fourth-order valence-corrected chi connectivity index (χ4v) is 2.21. The van der Waals surface area contributed by atoms with E-state index < -0.39 is 0 Å². The average Bonchev–Trinajstić information content (AvgIpc) is 2.07. The minimum atomic E-state index is -0.177. The molecule has 1 unspecified atom stereocenters. The second kappa shape index (κ2) is 4.16. The van der Waals surface area contributed by atoms with Gasteiger partial charge in [-0.05, 0) is 31.8 Å². The fourth-order valence-electron chi connectivity index (χ4n) is 2.21. The minimum Gasteiger partial charge on any atom is -0.457 e. The van der Waals surface area contributed by atoms with Crippen LogP contribution in [0.5, 0.6) is 0 Å². The second-order valence-electron chi connectivity index (χ2n) is 4.70. The van der Waals surface area contributed by atoms with Crippen molar-refractivity contribution in [3.63, 3.8) is 0 Å². The first-order chi connectivity index (χ1) is 6.47. The quantitative estimate of drug-likeness (QED) is 0.476. The number of hydrogen-bond donors (Lipinski definition) is 0. The van der Waals surface area contributed by atoms with Crippen molar-refractivity contribution < 1.29 is 9.53 Å². The Hall–Kier alpha value is -0.790. The van der Waals surface area contributed by atoms with Crippen molar-refractivity contribution in [2.75, 3.05) is 0 Å². The number of carbonyl (C=O) groups excluding carboxylic acids is 1. The van der Waals surface area contributed by atoms with E-state index >= 15 is 0 Å². The Balaban J connectivity index is 2.85. The molecule has 80 valence electrons. The van der Waals surface area contributed by atoms with E-state index in [2.05, 4.69) is 19.9 Å². The van der Waals surface area contributed by atoms with E-state index in [0.29, 0.717) is 0 Å². The van der Waals surface area contributed by atoms with Crippen LogP contribution in [0.4, 0.5) is 0 Å². The van der Waals surface area contributed by atoms with Crippen LogP contribution in [-0.2, 0) is 9.53 Å². The van der Waals surface area contributed by atoms with Crippen molar-refractivity contribution >= 4 is 5.97 Å². The van der Waals surface area contributed by atoms with Crippen molar-refractivity contribution in [1.82, 2.24) is 0 Å². The zero-order valence-electron chi connectivity index (χ0n) is 9.59. The predicted octanol–water partition coefficient (Wildman–Crippen LogP) is 3.07. The molecule has 1 aliphatic rings. The Morgan fingerprint density at radius 3 is 2.71 bits per heavy atom. The highest BCUT2D eigenvalue weighted by Gasteiger charge is 2.37. The third-order valence-electron chi connectivity index (χ3n) is 2.99. The summed E-state index contributed by atoms with van der Waals surface area (Å²) in [7, 11) is 0. The van der Waals surface area contributed by atoms with Gasteiger partial charge in [0.1, 0.15) is 6.10 Å². The van der Waals surface area contributed by atoms with Gasteiger partial charge >= 0.3 is 5.97 Å². The molecular weight excluding hydrogens is 176 g/mol. The molecule has 14 heavy (non-hydrogen) atoms. The van der Waals surface area contributed by atoms with Gasteiger partial charge in [0.05, 0.1) is 0 Å². The van der Waals surface area contributed by atoms with Crippen LogP contribution in [0.15, 0.2) is 11.6 Å². The van der Waals surface area contributed by atoms with Gasteiger partial charge in [-0.15, -0.1) is 0 Å². The van der Waals surface area contributed by atoms with Crippen molar-refractivity contribution in [2.24, 2.45) is 5.41 Å². The van der Waals surface area contributed by atoms with Crippen LogP contribution in [0, 0.1) is 5.41 Å². The molecule has 0 bridgehead atoms. The molecule has 0 N–H and O–H groups in total. The molecule has 0 aromatic carbocycles. The molecule has 0 saturated heterocycles. The molecule has 1 atom stereocenters.